The highest BCUT2D eigenvalue weighted by Gasteiger charge is 2.27. The van der Waals surface area contributed by atoms with Gasteiger partial charge in [-0.25, -0.2) is 4.39 Å². The van der Waals surface area contributed by atoms with Gasteiger partial charge < -0.3 is 4.57 Å². The van der Waals surface area contributed by atoms with Gasteiger partial charge in [-0.15, -0.1) is 0 Å². The molecule has 0 spiro atoms. The molecule has 1 aromatic carbocycles. The number of aryl methyl sites for hydroxylation is 2. The molecule has 25 heavy (non-hydrogen) atoms. The maximum Gasteiger partial charge on any atom is 0.123 e. The molecule has 0 saturated carbocycles. The van der Waals surface area contributed by atoms with Crippen molar-refractivity contribution in [3.63, 3.8) is 0 Å². The molecule has 1 atom stereocenters. The normalized spacial score (nSPS) is 17.8. The van der Waals surface area contributed by atoms with Gasteiger partial charge in [0.05, 0.1) is 0 Å². The Hall–Kier alpha value is -2.20. The molecule has 0 amide bonds. The predicted octanol–water partition coefficient (Wildman–Crippen LogP) is 4.18. The van der Waals surface area contributed by atoms with Crippen molar-refractivity contribution in [2.45, 2.75) is 45.8 Å². The van der Waals surface area contributed by atoms with E-state index in [2.05, 4.69) is 34.4 Å². The number of likely N-dealkylation sites (N-methyl/N-ethyl adjacent to an activating group) is 1. The van der Waals surface area contributed by atoms with Crippen LogP contribution >= 0.6 is 0 Å². The van der Waals surface area contributed by atoms with Gasteiger partial charge in [0.15, 0.2) is 0 Å². The van der Waals surface area contributed by atoms with Crippen LogP contribution in [0.1, 0.15) is 30.7 Å². The first-order chi connectivity index (χ1) is 12.2. The maximum atomic E-state index is 13.9. The molecule has 130 valence electrons. The van der Waals surface area contributed by atoms with Gasteiger partial charge in [0, 0.05) is 54.5 Å². The molecule has 0 radical (unpaired) electrons. The molecule has 3 aromatic rings. The lowest BCUT2D eigenvalue weighted by atomic mass is 9.99. The summed E-state index contributed by atoms with van der Waals surface area (Å²) in [5, 5.41) is 1.08. The average Bonchev–Trinajstić information content (AvgIpc) is 2.92. The number of hydrogen-bond acceptors (Lipinski definition) is 2. The fourth-order valence-corrected chi connectivity index (χ4v) is 4.09. The summed E-state index contributed by atoms with van der Waals surface area (Å²) in [7, 11) is 0. The third-order valence-corrected chi connectivity index (χ3v) is 5.48. The number of fused-ring (bicyclic) bond motifs is 3. The van der Waals surface area contributed by atoms with Gasteiger partial charge >= 0.3 is 0 Å². The number of pyridine rings is 1. The third-order valence-electron chi connectivity index (χ3n) is 5.48. The number of aromatic nitrogens is 2. The molecule has 0 N–H and O–H groups in total. The topological polar surface area (TPSA) is 21.1 Å². The van der Waals surface area contributed by atoms with E-state index in [4.69, 9.17) is 0 Å². The average molecular weight is 337 g/mol. The van der Waals surface area contributed by atoms with E-state index in [9.17, 15) is 4.39 Å². The monoisotopic (exact) mass is 337 g/mol. The summed E-state index contributed by atoms with van der Waals surface area (Å²) in [4.78, 5) is 6.68. The molecule has 0 saturated heterocycles. The summed E-state index contributed by atoms with van der Waals surface area (Å²) in [6.45, 7) is 7.33. The minimum atomic E-state index is -0.152. The van der Waals surface area contributed by atoms with E-state index >= 15 is 0 Å². The molecule has 1 unspecified atom stereocenters. The zero-order valence-corrected chi connectivity index (χ0v) is 14.9. The maximum absolute atomic E-state index is 13.9. The van der Waals surface area contributed by atoms with E-state index in [0.29, 0.717) is 6.04 Å². The zero-order valence-electron chi connectivity index (χ0n) is 14.9. The van der Waals surface area contributed by atoms with Crippen molar-refractivity contribution >= 4 is 10.9 Å². The standard InChI is InChI=1S/C21H24FN3/c1-3-24-14-19-18-12-17(22)6-7-20(18)25(21(19)11-15(24)2)10-8-16-5-4-9-23-13-16/h4-7,9,12-13,15H,3,8,10-11,14H2,1-2H3. The predicted molar refractivity (Wildman–Crippen MR) is 99.1 cm³/mol. The second-order valence-electron chi connectivity index (χ2n) is 6.97. The highest BCUT2D eigenvalue weighted by atomic mass is 19.1. The van der Waals surface area contributed by atoms with Crippen LogP contribution in [0.5, 0.6) is 0 Å². The van der Waals surface area contributed by atoms with Crippen LogP contribution in [0.25, 0.3) is 10.9 Å². The SMILES string of the molecule is CCN1Cc2c(n(CCc3cccnc3)c3ccc(F)cc23)CC1C. The Morgan fingerprint density at radius 1 is 1.28 bits per heavy atom. The molecule has 4 heteroatoms. The molecule has 2 aromatic heterocycles. The molecular formula is C21H24FN3. The van der Waals surface area contributed by atoms with E-state index in [1.54, 1.807) is 18.3 Å². The van der Waals surface area contributed by atoms with Gasteiger partial charge in [-0.05, 0) is 55.3 Å². The van der Waals surface area contributed by atoms with Crippen molar-refractivity contribution in [1.82, 2.24) is 14.5 Å². The Balaban J connectivity index is 1.77. The van der Waals surface area contributed by atoms with Crippen LogP contribution < -0.4 is 0 Å². The fourth-order valence-electron chi connectivity index (χ4n) is 4.09. The van der Waals surface area contributed by atoms with Crippen molar-refractivity contribution in [3.05, 3.63) is 65.4 Å². The molecule has 4 rings (SSSR count). The summed E-state index contributed by atoms with van der Waals surface area (Å²) in [6.07, 6.45) is 5.69. The van der Waals surface area contributed by atoms with Crippen molar-refractivity contribution < 1.29 is 4.39 Å². The first kappa shape index (κ1) is 16.3. The minimum Gasteiger partial charge on any atom is -0.344 e. The number of benzene rings is 1. The highest BCUT2D eigenvalue weighted by molar-refractivity contribution is 5.86. The fraction of sp³-hybridized carbons (Fsp3) is 0.381. The molecule has 0 bridgehead atoms. The number of hydrogen-bond donors (Lipinski definition) is 0. The highest BCUT2D eigenvalue weighted by Crippen LogP contribution is 2.33. The van der Waals surface area contributed by atoms with Gasteiger partial charge in [0.1, 0.15) is 5.82 Å². The summed E-state index contributed by atoms with van der Waals surface area (Å²) in [6, 6.07) is 9.84. The van der Waals surface area contributed by atoms with Crippen LogP contribution in [-0.2, 0) is 25.9 Å². The van der Waals surface area contributed by atoms with E-state index in [-0.39, 0.29) is 5.82 Å². The van der Waals surface area contributed by atoms with E-state index in [1.165, 1.54) is 16.8 Å². The first-order valence-corrected chi connectivity index (χ1v) is 9.09. The summed E-state index contributed by atoms with van der Waals surface area (Å²) < 4.78 is 16.3. The Morgan fingerprint density at radius 2 is 2.16 bits per heavy atom. The third kappa shape index (κ3) is 2.95. The Labute approximate surface area is 148 Å². The molecule has 3 heterocycles. The number of halogens is 1. The van der Waals surface area contributed by atoms with Crippen LogP contribution in [0.2, 0.25) is 0 Å². The Morgan fingerprint density at radius 3 is 2.92 bits per heavy atom. The first-order valence-electron chi connectivity index (χ1n) is 9.09. The van der Waals surface area contributed by atoms with Crippen molar-refractivity contribution in [2.75, 3.05) is 6.54 Å². The lowest BCUT2D eigenvalue weighted by Gasteiger charge is -2.33. The zero-order chi connectivity index (χ0) is 17.4. The second-order valence-corrected chi connectivity index (χ2v) is 6.97. The van der Waals surface area contributed by atoms with Crippen LogP contribution in [-0.4, -0.2) is 27.0 Å². The van der Waals surface area contributed by atoms with Crippen LogP contribution in [0.15, 0.2) is 42.7 Å². The smallest absolute Gasteiger partial charge is 0.123 e. The van der Waals surface area contributed by atoms with Gasteiger partial charge in [-0.1, -0.05) is 13.0 Å². The molecular weight excluding hydrogens is 313 g/mol. The largest absolute Gasteiger partial charge is 0.344 e. The van der Waals surface area contributed by atoms with Crippen LogP contribution in [0.3, 0.4) is 0 Å². The van der Waals surface area contributed by atoms with Crippen LogP contribution in [0, 0.1) is 5.82 Å². The van der Waals surface area contributed by atoms with Gasteiger partial charge in [0.25, 0.3) is 0 Å². The Kier molecular flexibility index (Phi) is 4.30. The van der Waals surface area contributed by atoms with Crippen LogP contribution in [0.4, 0.5) is 4.39 Å². The van der Waals surface area contributed by atoms with Gasteiger partial charge in [0.2, 0.25) is 0 Å². The lowest BCUT2D eigenvalue weighted by molar-refractivity contribution is 0.192. The van der Waals surface area contributed by atoms with E-state index in [0.717, 1.165) is 43.4 Å². The van der Waals surface area contributed by atoms with Crippen molar-refractivity contribution in [3.8, 4) is 0 Å². The molecule has 0 aliphatic carbocycles. The quantitative estimate of drug-likeness (QED) is 0.712. The molecule has 3 nitrogen and oxygen atoms in total. The Bertz CT molecular complexity index is 885. The molecule has 1 aliphatic heterocycles. The summed E-state index contributed by atoms with van der Waals surface area (Å²) >= 11 is 0. The summed E-state index contributed by atoms with van der Waals surface area (Å²) in [5.41, 5.74) is 5.07. The summed E-state index contributed by atoms with van der Waals surface area (Å²) in [5.74, 6) is -0.152. The number of nitrogens with zero attached hydrogens (tertiary/aromatic N) is 3. The lowest BCUT2D eigenvalue weighted by Crippen LogP contribution is -2.38. The van der Waals surface area contributed by atoms with E-state index < -0.39 is 0 Å². The number of rotatable bonds is 4. The second kappa shape index (κ2) is 6.60. The van der Waals surface area contributed by atoms with E-state index in [1.807, 2.05) is 18.3 Å². The van der Waals surface area contributed by atoms with Crippen molar-refractivity contribution in [2.24, 2.45) is 0 Å². The molecule has 0 fully saturated rings. The molecule has 1 aliphatic rings. The van der Waals surface area contributed by atoms with Gasteiger partial charge in [-0.3, -0.25) is 9.88 Å². The minimum absolute atomic E-state index is 0.152. The van der Waals surface area contributed by atoms with Crippen molar-refractivity contribution in [1.29, 1.82) is 0 Å². The van der Waals surface area contributed by atoms with Gasteiger partial charge in [-0.2, -0.15) is 0 Å².